The zero-order valence-electron chi connectivity index (χ0n) is 10.1. The Hall–Kier alpha value is -1.01. The van der Waals surface area contributed by atoms with Crippen LogP contribution in [0.1, 0.15) is 35.1 Å². The van der Waals surface area contributed by atoms with Gasteiger partial charge in [0.05, 0.1) is 5.69 Å². The van der Waals surface area contributed by atoms with Crippen LogP contribution in [-0.4, -0.2) is 46.6 Å². The zero-order chi connectivity index (χ0) is 12.1. The van der Waals surface area contributed by atoms with Crippen LogP contribution in [0.4, 0.5) is 0 Å². The molecule has 0 unspecified atom stereocenters. The fraction of sp³-hybridized carbons (Fsp3) is 0.727. The lowest BCUT2D eigenvalue weighted by molar-refractivity contribution is 0.0770. The highest BCUT2D eigenvalue weighted by Crippen LogP contribution is 2.16. The number of hydrogen-bond acceptors (Lipinski definition) is 5. The van der Waals surface area contributed by atoms with Crippen LogP contribution in [0, 0.1) is 0 Å². The predicted molar refractivity (Wildman–Crippen MR) is 67.3 cm³/mol. The van der Waals surface area contributed by atoms with Gasteiger partial charge in [0.2, 0.25) is 0 Å². The largest absolute Gasteiger partial charge is 0.337 e. The molecule has 1 amide bonds. The fourth-order valence-electron chi connectivity index (χ4n) is 1.96. The van der Waals surface area contributed by atoms with E-state index in [0.717, 1.165) is 56.0 Å². The SMILES string of the molecule is CCCc1nnsc1C(=O)N1CCCNCC1. The van der Waals surface area contributed by atoms with Crippen LogP contribution >= 0.6 is 11.5 Å². The molecule has 0 aromatic carbocycles. The molecule has 2 rings (SSSR count). The molecular formula is C11H18N4OS. The van der Waals surface area contributed by atoms with Crippen molar-refractivity contribution in [3.05, 3.63) is 10.6 Å². The number of rotatable bonds is 3. The maximum atomic E-state index is 12.3. The molecular weight excluding hydrogens is 236 g/mol. The van der Waals surface area contributed by atoms with Crippen LogP contribution < -0.4 is 5.32 Å². The molecule has 1 fully saturated rings. The summed E-state index contributed by atoms with van der Waals surface area (Å²) >= 11 is 1.23. The molecule has 17 heavy (non-hydrogen) atoms. The lowest BCUT2D eigenvalue weighted by atomic mass is 10.2. The molecule has 6 heteroatoms. The van der Waals surface area contributed by atoms with Gasteiger partial charge in [-0.15, -0.1) is 5.10 Å². The maximum Gasteiger partial charge on any atom is 0.267 e. The van der Waals surface area contributed by atoms with Gasteiger partial charge in [0.15, 0.2) is 0 Å². The number of aryl methyl sites for hydroxylation is 1. The molecule has 94 valence electrons. The van der Waals surface area contributed by atoms with Gasteiger partial charge in [-0.25, -0.2) is 0 Å². The molecule has 1 aliphatic rings. The molecule has 1 saturated heterocycles. The summed E-state index contributed by atoms with van der Waals surface area (Å²) in [6, 6.07) is 0. The van der Waals surface area contributed by atoms with Crippen LogP contribution in [0.3, 0.4) is 0 Å². The van der Waals surface area contributed by atoms with E-state index in [4.69, 9.17) is 0 Å². The Labute approximate surface area is 105 Å². The highest BCUT2D eigenvalue weighted by Gasteiger charge is 2.22. The van der Waals surface area contributed by atoms with E-state index in [1.54, 1.807) is 0 Å². The van der Waals surface area contributed by atoms with Crippen LogP contribution in [0.15, 0.2) is 0 Å². The minimum atomic E-state index is 0.104. The molecule has 0 atom stereocenters. The van der Waals surface area contributed by atoms with Crippen molar-refractivity contribution in [2.75, 3.05) is 26.2 Å². The van der Waals surface area contributed by atoms with Gasteiger partial charge in [0.1, 0.15) is 4.88 Å². The number of carbonyl (C=O) groups excluding carboxylic acids is 1. The van der Waals surface area contributed by atoms with Gasteiger partial charge in [0.25, 0.3) is 5.91 Å². The fourth-order valence-corrected chi connectivity index (χ4v) is 2.64. The second-order valence-corrected chi connectivity index (χ2v) is 4.95. The first-order valence-corrected chi connectivity index (χ1v) is 6.91. The number of carbonyl (C=O) groups is 1. The molecule has 0 bridgehead atoms. The molecule has 1 aromatic rings. The van der Waals surface area contributed by atoms with Crippen LogP contribution in [-0.2, 0) is 6.42 Å². The van der Waals surface area contributed by atoms with Crippen molar-refractivity contribution in [1.29, 1.82) is 0 Å². The van der Waals surface area contributed by atoms with Gasteiger partial charge in [-0.1, -0.05) is 17.8 Å². The Morgan fingerprint density at radius 1 is 1.47 bits per heavy atom. The molecule has 5 nitrogen and oxygen atoms in total. The quantitative estimate of drug-likeness (QED) is 0.871. The third kappa shape index (κ3) is 3.01. The Balaban J connectivity index is 2.09. The summed E-state index contributed by atoms with van der Waals surface area (Å²) in [5.41, 5.74) is 0.861. The summed E-state index contributed by atoms with van der Waals surface area (Å²) in [7, 11) is 0. The minimum Gasteiger partial charge on any atom is -0.337 e. The van der Waals surface area contributed by atoms with E-state index >= 15 is 0 Å². The summed E-state index contributed by atoms with van der Waals surface area (Å²) in [5, 5.41) is 7.35. The van der Waals surface area contributed by atoms with Crippen LogP contribution in [0.25, 0.3) is 0 Å². The first-order chi connectivity index (χ1) is 8.33. The van der Waals surface area contributed by atoms with E-state index in [0.29, 0.717) is 0 Å². The molecule has 1 aliphatic heterocycles. The third-order valence-electron chi connectivity index (χ3n) is 2.86. The van der Waals surface area contributed by atoms with Crippen molar-refractivity contribution in [2.24, 2.45) is 0 Å². The molecule has 1 N–H and O–H groups in total. The third-order valence-corrected chi connectivity index (χ3v) is 3.62. The van der Waals surface area contributed by atoms with Crippen molar-refractivity contribution in [3.8, 4) is 0 Å². The summed E-state index contributed by atoms with van der Waals surface area (Å²) in [4.78, 5) is 15.0. The number of aromatic nitrogens is 2. The zero-order valence-corrected chi connectivity index (χ0v) is 10.9. The van der Waals surface area contributed by atoms with E-state index in [1.165, 1.54) is 11.5 Å². The first-order valence-electron chi connectivity index (χ1n) is 6.14. The monoisotopic (exact) mass is 254 g/mol. The highest BCUT2D eigenvalue weighted by atomic mass is 32.1. The van der Waals surface area contributed by atoms with Gasteiger partial charge in [-0.05, 0) is 30.9 Å². The van der Waals surface area contributed by atoms with E-state index in [9.17, 15) is 4.79 Å². The van der Waals surface area contributed by atoms with Gasteiger partial charge in [-0.2, -0.15) is 0 Å². The maximum absolute atomic E-state index is 12.3. The van der Waals surface area contributed by atoms with Crippen molar-refractivity contribution >= 4 is 17.4 Å². The van der Waals surface area contributed by atoms with E-state index in [1.807, 2.05) is 4.90 Å². The van der Waals surface area contributed by atoms with Crippen molar-refractivity contribution in [3.63, 3.8) is 0 Å². The van der Waals surface area contributed by atoms with Crippen molar-refractivity contribution < 1.29 is 4.79 Å². The second kappa shape index (κ2) is 6.07. The average molecular weight is 254 g/mol. The topological polar surface area (TPSA) is 58.1 Å². The van der Waals surface area contributed by atoms with Crippen molar-refractivity contribution in [2.45, 2.75) is 26.2 Å². The van der Waals surface area contributed by atoms with E-state index < -0.39 is 0 Å². The number of nitrogens with one attached hydrogen (secondary N) is 1. The smallest absolute Gasteiger partial charge is 0.267 e. The van der Waals surface area contributed by atoms with Gasteiger partial charge in [-0.3, -0.25) is 4.79 Å². The van der Waals surface area contributed by atoms with Gasteiger partial charge >= 0.3 is 0 Å². The molecule has 0 saturated carbocycles. The summed E-state index contributed by atoms with van der Waals surface area (Å²) in [5.74, 6) is 0.104. The number of amides is 1. The first kappa shape index (κ1) is 12.4. The predicted octanol–water partition coefficient (Wildman–Crippen LogP) is 0.926. The molecule has 0 spiro atoms. The number of hydrogen-bond donors (Lipinski definition) is 1. The molecule has 0 aliphatic carbocycles. The van der Waals surface area contributed by atoms with Crippen LogP contribution in [0.2, 0.25) is 0 Å². The normalized spacial score (nSPS) is 16.9. The number of nitrogens with zero attached hydrogens (tertiary/aromatic N) is 3. The summed E-state index contributed by atoms with van der Waals surface area (Å²) < 4.78 is 3.91. The Morgan fingerprint density at radius 2 is 2.35 bits per heavy atom. The Bertz CT molecular complexity index is 371. The molecule has 2 heterocycles. The van der Waals surface area contributed by atoms with E-state index in [-0.39, 0.29) is 5.91 Å². The lowest BCUT2D eigenvalue weighted by Crippen LogP contribution is -2.34. The minimum absolute atomic E-state index is 0.104. The molecule has 1 aromatic heterocycles. The Morgan fingerprint density at radius 3 is 3.18 bits per heavy atom. The highest BCUT2D eigenvalue weighted by molar-refractivity contribution is 7.08. The van der Waals surface area contributed by atoms with Gasteiger partial charge in [0, 0.05) is 19.6 Å². The van der Waals surface area contributed by atoms with Crippen molar-refractivity contribution in [1.82, 2.24) is 19.8 Å². The van der Waals surface area contributed by atoms with Gasteiger partial charge < -0.3 is 10.2 Å². The lowest BCUT2D eigenvalue weighted by Gasteiger charge is -2.19. The average Bonchev–Trinajstić information content (AvgIpc) is 2.63. The van der Waals surface area contributed by atoms with E-state index in [2.05, 4.69) is 21.8 Å². The summed E-state index contributed by atoms with van der Waals surface area (Å²) in [6.07, 6.45) is 2.85. The Kier molecular flexibility index (Phi) is 4.44. The molecule has 0 radical (unpaired) electrons. The standard InChI is InChI=1S/C11H18N4OS/c1-2-4-9-10(17-14-13-9)11(16)15-7-3-5-12-6-8-15/h12H,2-8H2,1H3. The summed E-state index contributed by atoms with van der Waals surface area (Å²) in [6.45, 7) is 5.56. The second-order valence-electron chi connectivity index (χ2n) is 4.19. The van der Waals surface area contributed by atoms with Crippen LogP contribution in [0.5, 0.6) is 0 Å².